The highest BCUT2D eigenvalue weighted by molar-refractivity contribution is 5.96. The molecule has 1 saturated heterocycles. The number of hydrogen-bond acceptors (Lipinski definition) is 6. The summed E-state index contributed by atoms with van der Waals surface area (Å²) < 4.78 is 16.0. The molecular weight excluding hydrogens is 374 g/mol. The predicted octanol–water partition coefficient (Wildman–Crippen LogP) is 2.10. The van der Waals surface area contributed by atoms with Crippen LogP contribution in [0.1, 0.15) is 27.1 Å². The Balaban J connectivity index is 1.75. The molecule has 2 aromatic rings. The van der Waals surface area contributed by atoms with Gasteiger partial charge in [-0.2, -0.15) is 0 Å². The van der Waals surface area contributed by atoms with Crippen LogP contribution in [-0.4, -0.2) is 74.1 Å². The molecule has 1 aromatic heterocycles. The quantitative estimate of drug-likeness (QED) is 0.766. The Morgan fingerprint density at radius 2 is 1.31 bits per heavy atom. The minimum Gasteiger partial charge on any atom is -0.493 e. The van der Waals surface area contributed by atoms with Gasteiger partial charge in [-0.3, -0.25) is 14.6 Å². The Morgan fingerprint density at radius 3 is 1.79 bits per heavy atom. The van der Waals surface area contributed by atoms with Crippen molar-refractivity contribution in [1.29, 1.82) is 0 Å². The highest BCUT2D eigenvalue weighted by Gasteiger charge is 2.25. The maximum Gasteiger partial charge on any atom is 0.254 e. The summed E-state index contributed by atoms with van der Waals surface area (Å²) in [5.41, 5.74) is 1.05. The summed E-state index contributed by atoms with van der Waals surface area (Å²) in [6.07, 6.45) is 3.91. The molecule has 0 saturated carbocycles. The first-order valence-electron chi connectivity index (χ1n) is 9.37. The van der Waals surface area contributed by atoms with E-state index in [1.165, 1.54) is 21.3 Å². The maximum atomic E-state index is 13.1. The number of hydrogen-bond donors (Lipinski definition) is 0. The first-order chi connectivity index (χ1) is 14.1. The minimum absolute atomic E-state index is 0.0468. The van der Waals surface area contributed by atoms with Crippen LogP contribution >= 0.6 is 0 Å². The molecule has 0 unspecified atom stereocenters. The minimum atomic E-state index is -0.137. The molecule has 2 heterocycles. The monoisotopic (exact) mass is 399 g/mol. The van der Waals surface area contributed by atoms with Gasteiger partial charge in [0, 0.05) is 49.7 Å². The molecule has 1 aliphatic heterocycles. The van der Waals surface area contributed by atoms with E-state index in [9.17, 15) is 9.59 Å². The second-order valence-corrected chi connectivity index (χ2v) is 6.59. The third kappa shape index (κ3) is 4.42. The molecule has 1 fully saturated rings. The summed E-state index contributed by atoms with van der Waals surface area (Å²) in [6, 6.07) is 6.70. The average Bonchev–Trinajstić information content (AvgIpc) is 3.03. The number of ether oxygens (including phenoxy) is 3. The van der Waals surface area contributed by atoms with Crippen LogP contribution in [0.3, 0.4) is 0 Å². The van der Waals surface area contributed by atoms with Crippen LogP contribution in [0.25, 0.3) is 0 Å². The van der Waals surface area contributed by atoms with E-state index in [1.807, 2.05) is 0 Å². The third-order valence-electron chi connectivity index (χ3n) is 4.91. The number of aromatic nitrogens is 1. The summed E-state index contributed by atoms with van der Waals surface area (Å²) in [7, 11) is 4.55. The fourth-order valence-corrected chi connectivity index (χ4v) is 3.39. The molecule has 154 valence electrons. The van der Waals surface area contributed by atoms with Gasteiger partial charge in [0.05, 0.1) is 21.3 Å². The van der Waals surface area contributed by atoms with E-state index in [-0.39, 0.29) is 11.8 Å². The van der Waals surface area contributed by atoms with Gasteiger partial charge in [0.1, 0.15) is 0 Å². The number of rotatable bonds is 5. The highest BCUT2D eigenvalue weighted by atomic mass is 16.5. The van der Waals surface area contributed by atoms with Crippen molar-refractivity contribution in [2.24, 2.45) is 0 Å². The smallest absolute Gasteiger partial charge is 0.254 e. The Morgan fingerprint density at radius 1 is 0.793 bits per heavy atom. The van der Waals surface area contributed by atoms with E-state index in [4.69, 9.17) is 14.2 Å². The van der Waals surface area contributed by atoms with Gasteiger partial charge in [-0.15, -0.1) is 0 Å². The van der Waals surface area contributed by atoms with Crippen LogP contribution in [-0.2, 0) is 0 Å². The summed E-state index contributed by atoms with van der Waals surface area (Å²) in [4.78, 5) is 33.3. The first-order valence-corrected chi connectivity index (χ1v) is 9.37. The molecule has 0 spiro atoms. The number of methoxy groups -OCH3 is 3. The largest absolute Gasteiger partial charge is 0.493 e. The number of nitrogens with zero attached hydrogens (tertiary/aromatic N) is 3. The number of amides is 2. The predicted molar refractivity (Wildman–Crippen MR) is 107 cm³/mol. The molecule has 0 atom stereocenters. The van der Waals surface area contributed by atoms with Gasteiger partial charge in [0.2, 0.25) is 5.75 Å². The number of benzene rings is 1. The van der Waals surface area contributed by atoms with Crippen molar-refractivity contribution in [3.8, 4) is 17.2 Å². The Labute approximate surface area is 170 Å². The van der Waals surface area contributed by atoms with Crippen molar-refractivity contribution in [3.05, 3.63) is 47.8 Å². The molecule has 1 aliphatic rings. The topological polar surface area (TPSA) is 81.2 Å². The fourth-order valence-electron chi connectivity index (χ4n) is 3.39. The summed E-state index contributed by atoms with van der Waals surface area (Å²) in [5.74, 6) is 1.12. The normalized spacial score (nSPS) is 14.2. The van der Waals surface area contributed by atoms with Crippen LogP contribution in [0, 0.1) is 0 Å². The lowest BCUT2D eigenvalue weighted by Gasteiger charge is -2.23. The van der Waals surface area contributed by atoms with E-state index in [1.54, 1.807) is 46.5 Å². The molecule has 29 heavy (non-hydrogen) atoms. The molecule has 0 N–H and O–H groups in total. The highest BCUT2D eigenvalue weighted by Crippen LogP contribution is 2.38. The zero-order valence-electron chi connectivity index (χ0n) is 16.9. The SMILES string of the molecule is COc1cc(C(=O)N2CCCN(C(=O)c3ccncc3)CC2)cc(OC)c1OC. The molecule has 8 heteroatoms. The van der Waals surface area contributed by atoms with Crippen molar-refractivity contribution in [3.63, 3.8) is 0 Å². The number of carbonyl (C=O) groups excluding carboxylic acids is 2. The van der Waals surface area contributed by atoms with Crippen LogP contribution < -0.4 is 14.2 Å². The fraction of sp³-hybridized carbons (Fsp3) is 0.381. The average molecular weight is 399 g/mol. The van der Waals surface area contributed by atoms with E-state index in [0.717, 1.165) is 0 Å². The molecule has 0 aliphatic carbocycles. The van der Waals surface area contributed by atoms with Gasteiger partial charge < -0.3 is 24.0 Å². The third-order valence-corrected chi connectivity index (χ3v) is 4.91. The van der Waals surface area contributed by atoms with Crippen molar-refractivity contribution in [2.75, 3.05) is 47.5 Å². The second kappa shape index (κ2) is 9.27. The zero-order valence-corrected chi connectivity index (χ0v) is 16.9. The van der Waals surface area contributed by atoms with Crippen LogP contribution in [0.5, 0.6) is 17.2 Å². The van der Waals surface area contributed by atoms with E-state index in [0.29, 0.717) is 61.0 Å². The Hall–Kier alpha value is -3.29. The van der Waals surface area contributed by atoms with Crippen LogP contribution in [0.2, 0.25) is 0 Å². The molecule has 2 amide bonds. The molecule has 0 radical (unpaired) electrons. The number of carbonyl (C=O) groups is 2. The van der Waals surface area contributed by atoms with E-state index in [2.05, 4.69) is 4.98 Å². The van der Waals surface area contributed by atoms with Crippen molar-refractivity contribution >= 4 is 11.8 Å². The lowest BCUT2D eigenvalue weighted by Crippen LogP contribution is -2.37. The van der Waals surface area contributed by atoms with Crippen molar-refractivity contribution in [2.45, 2.75) is 6.42 Å². The van der Waals surface area contributed by atoms with Crippen LogP contribution in [0.4, 0.5) is 0 Å². The zero-order chi connectivity index (χ0) is 20.8. The van der Waals surface area contributed by atoms with Gasteiger partial charge in [-0.05, 0) is 30.7 Å². The summed E-state index contributed by atoms with van der Waals surface area (Å²) in [5, 5.41) is 0. The molecule has 0 bridgehead atoms. The van der Waals surface area contributed by atoms with Gasteiger partial charge >= 0.3 is 0 Å². The lowest BCUT2D eigenvalue weighted by atomic mass is 10.1. The van der Waals surface area contributed by atoms with Gasteiger partial charge in [-0.25, -0.2) is 0 Å². The maximum absolute atomic E-state index is 13.1. The molecule has 1 aromatic carbocycles. The lowest BCUT2D eigenvalue weighted by molar-refractivity contribution is 0.0718. The summed E-state index contributed by atoms with van der Waals surface area (Å²) >= 11 is 0. The van der Waals surface area contributed by atoms with Crippen molar-refractivity contribution < 1.29 is 23.8 Å². The first kappa shape index (κ1) is 20.4. The standard InChI is InChI=1S/C21H25N3O5/c1-27-17-13-16(14-18(28-2)19(17)29-3)21(26)24-10-4-9-23(11-12-24)20(25)15-5-7-22-8-6-15/h5-8,13-14H,4,9-12H2,1-3H3. The molecule has 8 nitrogen and oxygen atoms in total. The Bertz CT molecular complexity index is 847. The number of pyridine rings is 1. The van der Waals surface area contributed by atoms with E-state index >= 15 is 0 Å². The molecular formula is C21H25N3O5. The van der Waals surface area contributed by atoms with E-state index < -0.39 is 0 Å². The second-order valence-electron chi connectivity index (χ2n) is 6.59. The Kier molecular flexibility index (Phi) is 6.54. The molecule has 3 rings (SSSR count). The van der Waals surface area contributed by atoms with Gasteiger partial charge in [0.15, 0.2) is 11.5 Å². The summed E-state index contributed by atoms with van der Waals surface area (Å²) in [6.45, 7) is 2.08. The van der Waals surface area contributed by atoms with Crippen molar-refractivity contribution in [1.82, 2.24) is 14.8 Å². The van der Waals surface area contributed by atoms with Gasteiger partial charge in [0.25, 0.3) is 11.8 Å². The van der Waals surface area contributed by atoms with Crippen LogP contribution in [0.15, 0.2) is 36.7 Å². The van der Waals surface area contributed by atoms with Gasteiger partial charge in [-0.1, -0.05) is 0 Å².